The molecule has 3 rings (SSSR count). The summed E-state index contributed by atoms with van der Waals surface area (Å²) in [6.45, 7) is 15.2. The topological polar surface area (TPSA) is 90.1 Å². The predicted molar refractivity (Wildman–Crippen MR) is 111 cm³/mol. The van der Waals surface area contributed by atoms with Gasteiger partial charge >= 0.3 is 0 Å². The fraction of sp³-hybridized carbons (Fsp3) is 0.800. The number of nitrogens with one attached hydrogen (secondary N) is 1. The number of hydrogen-bond acceptors (Lipinski definition) is 6. The molecule has 9 nitrogen and oxygen atoms in total. The highest BCUT2D eigenvalue weighted by molar-refractivity contribution is 5.80. The molecule has 2 fully saturated rings. The molecule has 0 bridgehead atoms. The molecule has 0 aliphatic carbocycles. The number of aliphatic imine (C=N–C) groups is 1. The van der Waals surface area contributed by atoms with Gasteiger partial charge in [0, 0.05) is 52.7 Å². The van der Waals surface area contributed by atoms with E-state index in [1.54, 1.807) is 6.92 Å². The molecule has 2 atom stereocenters. The summed E-state index contributed by atoms with van der Waals surface area (Å²) in [4.78, 5) is 28.2. The molecule has 0 saturated carbocycles. The minimum absolute atomic E-state index is 0.268. The Morgan fingerprint density at radius 3 is 2.45 bits per heavy atom. The van der Waals surface area contributed by atoms with E-state index >= 15 is 0 Å². The van der Waals surface area contributed by atoms with Crippen molar-refractivity contribution in [3.63, 3.8) is 0 Å². The molecule has 0 radical (unpaired) electrons. The van der Waals surface area contributed by atoms with Gasteiger partial charge in [-0.15, -0.1) is 0 Å². The van der Waals surface area contributed by atoms with Crippen LogP contribution in [-0.4, -0.2) is 89.1 Å². The maximum atomic E-state index is 12.7. The predicted octanol–water partition coefficient (Wildman–Crippen LogP) is 0.966. The second-order valence-electron chi connectivity index (χ2n) is 8.41. The molecule has 9 heteroatoms. The molecular formula is C20H35N7O2. The molecule has 1 aromatic heterocycles. The van der Waals surface area contributed by atoms with Gasteiger partial charge in [-0.3, -0.25) is 9.69 Å². The van der Waals surface area contributed by atoms with Crippen molar-refractivity contribution in [3.8, 4) is 0 Å². The third-order valence-electron chi connectivity index (χ3n) is 5.53. The van der Waals surface area contributed by atoms with Gasteiger partial charge in [0.25, 0.3) is 0 Å². The normalized spacial score (nSPS) is 24.1. The van der Waals surface area contributed by atoms with Gasteiger partial charge in [-0.2, -0.15) is 4.98 Å². The van der Waals surface area contributed by atoms with Gasteiger partial charge in [-0.1, -0.05) is 19.0 Å². The van der Waals surface area contributed by atoms with Crippen molar-refractivity contribution in [2.24, 2.45) is 16.8 Å². The fourth-order valence-corrected chi connectivity index (χ4v) is 4.25. The summed E-state index contributed by atoms with van der Waals surface area (Å²) in [6, 6.07) is 0. The molecule has 3 heterocycles. The minimum Gasteiger partial charge on any atom is -0.357 e. The van der Waals surface area contributed by atoms with Gasteiger partial charge in [-0.25, -0.2) is 4.99 Å². The second kappa shape index (κ2) is 10.0. The van der Waals surface area contributed by atoms with Crippen LogP contribution in [0.1, 0.15) is 38.9 Å². The molecule has 2 aliphatic rings. The van der Waals surface area contributed by atoms with E-state index in [0.717, 1.165) is 51.8 Å². The summed E-state index contributed by atoms with van der Waals surface area (Å²) in [6.07, 6.45) is 1.22. The third-order valence-corrected chi connectivity index (χ3v) is 5.53. The Hall–Kier alpha value is -2.16. The SMILES string of the molecule is CCNC(=NCc1noc(C)n1)N1CCN(CC(=O)N2CC(C)CC(C)C2)CC1. The van der Waals surface area contributed by atoms with Gasteiger partial charge in [0.15, 0.2) is 11.8 Å². The van der Waals surface area contributed by atoms with Crippen LogP contribution in [0.3, 0.4) is 0 Å². The Morgan fingerprint density at radius 1 is 1.17 bits per heavy atom. The molecule has 1 aromatic rings. The Kier molecular flexibility index (Phi) is 7.46. The van der Waals surface area contributed by atoms with Crippen molar-refractivity contribution in [2.75, 3.05) is 52.4 Å². The third kappa shape index (κ3) is 6.16. The monoisotopic (exact) mass is 405 g/mol. The standard InChI is InChI=1S/C20H35N7O2/c1-5-21-20(22-11-18-23-17(4)29-24-18)26-8-6-25(7-9-26)14-19(28)27-12-15(2)10-16(3)13-27/h15-16H,5-14H2,1-4H3,(H,21,22). The number of carbonyl (C=O) groups excluding carboxylic acids is 1. The van der Waals surface area contributed by atoms with Gasteiger partial charge in [0.05, 0.1) is 6.54 Å². The van der Waals surface area contributed by atoms with Crippen molar-refractivity contribution in [2.45, 2.75) is 40.7 Å². The van der Waals surface area contributed by atoms with Gasteiger partial charge in [0.1, 0.15) is 6.54 Å². The number of hydrogen-bond donors (Lipinski definition) is 1. The van der Waals surface area contributed by atoms with E-state index in [1.807, 2.05) is 0 Å². The number of carbonyl (C=O) groups is 1. The fourth-order valence-electron chi connectivity index (χ4n) is 4.25. The van der Waals surface area contributed by atoms with Crippen LogP contribution in [-0.2, 0) is 11.3 Å². The Balaban J connectivity index is 1.49. The van der Waals surface area contributed by atoms with Crippen molar-refractivity contribution in [3.05, 3.63) is 11.7 Å². The van der Waals surface area contributed by atoms with Crippen LogP contribution in [0.5, 0.6) is 0 Å². The van der Waals surface area contributed by atoms with Crippen LogP contribution >= 0.6 is 0 Å². The summed E-state index contributed by atoms with van der Waals surface area (Å²) in [5, 5.41) is 7.25. The average Bonchev–Trinajstić information content (AvgIpc) is 3.10. The highest BCUT2D eigenvalue weighted by Crippen LogP contribution is 2.21. The summed E-state index contributed by atoms with van der Waals surface area (Å²) >= 11 is 0. The first-order valence-electron chi connectivity index (χ1n) is 10.8. The number of piperidine rings is 1. The highest BCUT2D eigenvalue weighted by atomic mass is 16.5. The largest absolute Gasteiger partial charge is 0.357 e. The molecule has 2 saturated heterocycles. The van der Waals surface area contributed by atoms with E-state index < -0.39 is 0 Å². The number of piperazine rings is 1. The van der Waals surface area contributed by atoms with E-state index in [2.05, 4.69) is 55.9 Å². The van der Waals surface area contributed by atoms with E-state index in [0.29, 0.717) is 36.6 Å². The molecule has 0 aromatic carbocycles. The number of amides is 1. The van der Waals surface area contributed by atoms with Crippen molar-refractivity contribution in [1.29, 1.82) is 0 Å². The van der Waals surface area contributed by atoms with Crippen molar-refractivity contribution >= 4 is 11.9 Å². The van der Waals surface area contributed by atoms with Crippen LogP contribution in [0.4, 0.5) is 0 Å². The van der Waals surface area contributed by atoms with E-state index in [-0.39, 0.29) is 5.91 Å². The van der Waals surface area contributed by atoms with Crippen LogP contribution in [0.2, 0.25) is 0 Å². The maximum absolute atomic E-state index is 12.7. The smallest absolute Gasteiger partial charge is 0.236 e. The molecule has 1 amide bonds. The number of aromatic nitrogens is 2. The zero-order valence-electron chi connectivity index (χ0n) is 18.2. The molecule has 0 spiro atoms. The van der Waals surface area contributed by atoms with Crippen LogP contribution in [0.25, 0.3) is 0 Å². The summed E-state index contributed by atoms with van der Waals surface area (Å²) in [5.74, 6) is 3.47. The Labute approximate surface area is 173 Å². The van der Waals surface area contributed by atoms with Gasteiger partial charge < -0.3 is 19.6 Å². The highest BCUT2D eigenvalue weighted by Gasteiger charge is 2.28. The van der Waals surface area contributed by atoms with Crippen LogP contribution < -0.4 is 5.32 Å². The molecule has 2 unspecified atom stereocenters. The van der Waals surface area contributed by atoms with Gasteiger partial charge in [-0.05, 0) is 25.2 Å². The Bertz CT molecular complexity index is 687. The summed E-state index contributed by atoms with van der Waals surface area (Å²) < 4.78 is 5.01. The van der Waals surface area contributed by atoms with Crippen molar-refractivity contribution in [1.82, 2.24) is 30.2 Å². The minimum atomic E-state index is 0.268. The number of nitrogens with zero attached hydrogens (tertiary/aromatic N) is 6. The summed E-state index contributed by atoms with van der Waals surface area (Å²) in [7, 11) is 0. The number of guanidine groups is 1. The lowest BCUT2D eigenvalue weighted by Crippen LogP contribution is -2.55. The van der Waals surface area contributed by atoms with E-state index in [4.69, 9.17) is 4.52 Å². The molecular weight excluding hydrogens is 370 g/mol. The van der Waals surface area contributed by atoms with Crippen molar-refractivity contribution < 1.29 is 9.32 Å². The quantitative estimate of drug-likeness (QED) is 0.576. The second-order valence-corrected chi connectivity index (χ2v) is 8.41. The lowest BCUT2D eigenvalue weighted by Gasteiger charge is -2.39. The molecule has 29 heavy (non-hydrogen) atoms. The number of rotatable bonds is 5. The van der Waals surface area contributed by atoms with Gasteiger partial charge in [0.2, 0.25) is 11.8 Å². The van der Waals surface area contributed by atoms with E-state index in [1.165, 1.54) is 6.42 Å². The maximum Gasteiger partial charge on any atom is 0.236 e. The Morgan fingerprint density at radius 2 is 1.86 bits per heavy atom. The first-order valence-corrected chi connectivity index (χ1v) is 10.8. The summed E-state index contributed by atoms with van der Waals surface area (Å²) in [5.41, 5.74) is 0. The molecule has 162 valence electrons. The van der Waals surface area contributed by atoms with Crippen LogP contribution in [0.15, 0.2) is 9.52 Å². The lowest BCUT2D eigenvalue weighted by atomic mass is 9.92. The first kappa shape index (κ1) is 21.5. The zero-order chi connectivity index (χ0) is 20.8. The van der Waals surface area contributed by atoms with E-state index in [9.17, 15) is 4.79 Å². The first-order chi connectivity index (χ1) is 13.9. The van der Waals surface area contributed by atoms with Crippen LogP contribution in [0, 0.1) is 18.8 Å². The number of aryl methyl sites for hydroxylation is 1. The average molecular weight is 406 g/mol. The molecule has 1 N–H and O–H groups in total. The molecule has 2 aliphatic heterocycles. The lowest BCUT2D eigenvalue weighted by molar-refractivity contribution is -0.135. The zero-order valence-corrected chi connectivity index (χ0v) is 18.2. The number of likely N-dealkylation sites (tertiary alicyclic amines) is 1.